The lowest BCUT2D eigenvalue weighted by molar-refractivity contribution is -0.890. The molecule has 0 aromatic carbocycles. The Balaban J connectivity index is 3.45. The lowest BCUT2D eigenvalue weighted by atomic mass is 10.2. The summed E-state index contributed by atoms with van der Waals surface area (Å²) >= 11 is 0. The molecule has 15 heavy (non-hydrogen) atoms. The fraction of sp³-hybridized carbons (Fsp3) is 0.750. The summed E-state index contributed by atoms with van der Waals surface area (Å²) in [6.07, 6.45) is 4.74. The van der Waals surface area contributed by atoms with E-state index in [9.17, 15) is 4.79 Å². The van der Waals surface area contributed by atoms with Crippen molar-refractivity contribution in [3.8, 4) is 0 Å². The van der Waals surface area contributed by atoms with Crippen LogP contribution in [0.4, 0.5) is 0 Å². The predicted molar refractivity (Wildman–Crippen MR) is 64.6 cm³/mol. The van der Waals surface area contributed by atoms with E-state index >= 15 is 0 Å². The van der Waals surface area contributed by atoms with Gasteiger partial charge in [0.1, 0.15) is 0 Å². The highest BCUT2D eigenvalue weighted by Crippen LogP contribution is 2.02. The summed E-state index contributed by atoms with van der Waals surface area (Å²) in [5.74, 6) is -0.0719. The molecule has 0 aromatic rings. The molecule has 0 unspecified atom stereocenters. The minimum atomic E-state index is -0.0719. The minimum absolute atomic E-state index is 0.0719. The topological polar surface area (TPSA) is 29.1 Å². The van der Waals surface area contributed by atoms with E-state index in [0.29, 0.717) is 0 Å². The van der Waals surface area contributed by atoms with Gasteiger partial charge in [0.05, 0.1) is 27.2 Å². The lowest BCUT2D eigenvalue weighted by Crippen LogP contribution is -2.41. The maximum absolute atomic E-state index is 10.8. The smallest absolute Gasteiger partial charge is 0.243 e. The van der Waals surface area contributed by atoms with Crippen molar-refractivity contribution in [1.29, 1.82) is 0 Å². The summed E-state index contributed by atoms with van der Waals surface area (Å²) < 4.78 is 1.08. The summed E-state index contributed by atoms with van der Waals surface area (Å²) in [6, 6.07) is 0. The molecule has 0 aromatic heterocycles. The van der Waals surface area contributed by atoms with Gasteiger partial charge in [-0.2, -0.15) is 0 Å². The van der Waals surface area contributed by atoms with Gasteiger partial charge in [-0.15, -0.1) is 0 Å². The normalized spacial score (nSPS) is 11.1. The number of carbonyl (C=O) groups excluding carboxylic acids is 1. The van der Waals surface area contributed by atoms with E-state index in [-0.39, 0.29) is 5.91 Å². The van der Waals surface area contributed by atoms with Crippen molar-refractivity contribution in [3.63, 3.8) is 0 Å². The van der Waals surface area contributed by atoms with Crippen molar-refractivity contribution in [1.82, 2.24) is 5.32 Å². The monoisotopic (exact) mass is 213 g/mol. The van der Waals surface area contributed by atoms with Crippen molar-refractivity contribution < 1.29 is 9.28 Å². The van der Waals surface area contributed by atoms with E-state index in [1.165, 1.54) is 25.6 Å². The van der Waals surface area contributed by atoms with Crippen LogP contribution in [0.3, 0.4) is 0 Å². The van der Waals surface area contributed by atoms with Crippen molar-refractivity contribution in [2.75, 3.05) is 33.7 Å². The third-order valence-electron chi connectivity index (χ3n) is 2.50. The first-order valence-corrected chi connectivity index (χ1v) is 5.74. The molecule has 3 heteroatoms. The van der Waals surface area contributed by atoms with Gasteiger partial charge in [-0.05, 0) is 25.3 Å². The average Bonchev–Trinajstić information content (AvgIpc) is 2.16. The predicted octanol–water partition coefficient (Wildman–Crippen LogP) is 1.56. The number of nitrogens with one attached hydrogen (secondary N) is 1. The van der Waals surface area contributed by atoms with E-state index in [2.05, 4.69) is 32.9 Å². The van der Waals surface area contributed by atoms with Gasteiger partial charge in [0.15, 0.2) is 0 Å². The van der Waals surface area contributed by atoms with Gasteiger partial charge in [0.25, 0.3) is 0 Å². The summed E-state index contributed by atoms with van der Waals surface area (Å²) in [6.45, 7) is 8.78. The van der Waals surface area contributed by atoms with Crippen LogP contribution >= 0.6 is 0 Å². The standard InChI is InChI=1S/C12H24N2O/c1-5-10-14(3,4)11-8-7-9-13-12(15)6-2/h6H,2,5,7-11H2,1,3-4H3/p+1. The average molecular weight is 213 g/mol. The molecule has 0 rings (SSSR count). The van der Waals surface area contributed by atoms with Gasteiger partial charge in [0, 0.05) is 6.54 Å². The van der Waals surface area contributed by atoms with Crippen LogP contribution in [0.25, 0.3) is 0 Å². The Bertz CT molecular complexity index is 200. The van der Waals surface area contributed by atoms with Crippen molar-refractivity contribution in [3.05, 3.63) is 12.7 Å². The Morgan fingerprint density at radius 1 is 1.33 bits per heavy atom. The molecule has 0 radical (unpaired) electrons. The largest absolute Gasteiger partial charge is 0.353 e. The Labute approximate surface area is 93.7 Å². The molecule has 1 amide bonds. The molecule has 0 bridgehead atoms. The highest BCUT2D eigenvalue weighted by molar-refractivity contribution is 5.86. The number of carbonyl (C=O) groups is 1. The van der Waals surface area contributed by atoms with Gasteiger partial charge in [0.2, 0.25) is 5.91 Å². The van der Waals surface area contributed by atoms with Crippen LogP contribution in [0.1, 0.15) is 26.2 Å². The van der Waals surface area contributed by atoms with Crippen LogP contribution < -0.4 is 5.32 Å². The number of rotatable bonds is 8. The van der Waals surface area contributed by atoms with Crippen LogP contribution in [-0.2, 0) is 4.79 Å². The summed E-state index contributed by atoms with van der Waals surface area (Å²) in [7, 11) is 4.51. The Morgan fingerprint density at radius 3 is 2.53 bits per heavy atom. The molecule has 0 spiro atoms. The molecule has 0 saturated carbocycles. The van der Waals surface area contributed by atoms with Crippen LogP contribution in [0.15, 0.2) is 12.7 Å². The number of amides is 1. The second-order valence-electron chi connectivity index (χ2n) is 4.59. The molecular weight excluding hydrogens is 188 g/mol. The lowest BCUT2D eigenvalue weighted by Gasteiger charge is -2.29. The molecule has 0 fully saturated rings. The van der Waals surface area contributed by atoms with E-state index in [4.69, 9.17) is 0 Å². The number of hydrogen-bond acceptors (Lipinski definition) is 1. The first-order chi connectivity index (χ1) is 7.02. The van der Waals surface area contributed by atoms with E-state index < -0.39 is 0 Å². The Kier molecular flexibility index (Phi) is 7.05. The summed E-state index contributed by atoms with van der Waals surface area (Å²) in [4.78, 5) is 10.8. The number of unbranched alkanes of at least 4 members (excludes halogenated alkanes) is 1. The molecule has 1 N–H and O–H groups in total. The third-order valence-corrected chi connectivity index (χ3v) is 2.50. The Hall–Kier alpha value is -0.830. The van der Waals surface area contributed by atoms with Gasteiger partial charge in [-0.1, -0.05) is 13.5 Å². The quantitative estimate of drug-likeness (QED) is 0.370. The molecule has 3 nitrogen and oxygen atoms in total. The summed E-state index contributed by atoms with van der Waals surface area (Å²) in [5, 5.41) is 2.79. The molecule has 0 heterocycles. The first kappa shape index (κ1) is 14.2. The SMILES string of the molecule is C=CC(=O)NCCCC[N+](C)(C)CCC. The molecule has 0 atom stereocenters. The van der Waals surface area contributed by atoms with Crippen LogP contribution in [-0.4, -0.2) is 44.1 Å². The zero-order valence-corrected chi connectivity index (χ0v) is 10.4. The number of hydrogen-bond donors (Lipinski definition) is 1. The summed E-state index contributed by atoms with van der Waals surface area (Å²) in [5.41, 5.74) is 0. The van der Waals surface area contributed by atoms with Crippen molar-refractivity contribution >= 4 is 5.91 Å². The van der Waals surface area contributed by atoms with Gasteiger partial charge in [-0.25, -0.2) is 0 Å². The second kappa shape index (κ2) is 7.46. The molecule has 0 aliphatic carbocycles. The van der Waals surface area contributed by atoms with Crippen LogP contribution in [0.2, 0.25) is 0 Å². The van der Waals surface area contributed by atoms with Crippen LogP contribution in [0, 0.1) is 0 Å². The number of nitrogens with zero attached hydrogens (tertiary/aromatic N) is 1. The maximum Gasteiger partial charge on any atom is 0.243 e. The maximum atomic E-state index is 10.8. The fourth-order valence-electron chi connectivity index (χ4n) is 1.67. The van der Waals surface area contributed by atoms with Crippen molar-refractivity contribution in [2.24, 2.45) is 0 Å². The highest BCUT2D eigenvalue weighted by atomic mass is 16.1. The van der Waals surface area contributed by atoms with Gasteiger partial charge < -0.3 is 9.80 Å². The fourth-order valence-corrected chi connectivity index (χ4v) is 1.67. The highest BCUT2D eigenvalue weighted by Gasteiger charge is 2.11. The van der Waals surface area contributed by atoms with E-state index in [1.54, 1.807) is 0 Å². The second-order valence-corrected chi connectivity index (χ2v) is 4.59. The molecule has 0 aliphatic rings. The molecular formula is C12H25N2O+. The zero-order chi connectivity index (χ0) is 11.7. The van der Waals surface area contributed by atoms with Crippen molar-refractivity contribution in [2.45, 2.75) is 26.2 Å². The van der Waals surface area contributed by atoms with E-state index in [0.717, 1.165) is 23.9 Å². The van der Waals surface area contributed by atoms with E-state index in [1.807, 2.05) is 0 Å². The minimum Gasteiger partial charge on any atom is -0.353 e. The molecule has 88 valence electrons. The van der Waals surface area contributed by atoms with Gasteiger partial charge >= 0.3 is 0 Å². The van der Waals surface area contributed by atoms with Gasteiger partial charge in [-0.3, -0.25) is 4.79 Å². The molecule has 0 aliphatic heterocycles. The first-order valence-electron chi connectivity index (χ1n) is 5.74. The Morgan fingerprint density at radius 2 is 2.00 bits per heavy atom. The number of quaternary nitrogens is 1. The third kappa shape index (κ3) is 8.18. The zero-order valence-electron chi connectivity index (χ0n) is 10.4. The van der Waals surface area contributed by atoms with Crippen LogP contribution in [0.5, 0.6) is 0 Å². The molecule has 0 saturated heterocycles.